The number of ether oxygens (including phenoxy) is 1. The Kier molecular flexibility index (Phi) is 9.15. The number of likely N-dealkylation sites (N-methyl/N-ethyl adjacent to an activating group) is 1. The van der Waals surface area contributed by atoms with Crippen molar-refractivity contribution in [3.05, 3.63) is 86.9 Å². The van der Waals surface area contributed by atoms with Crippen molar-refractivity contribution in [2.75, 3.05) is 33.2 Å². The van der Waals surface area contributed by atoms with Gasteiger partial charge in [0.15, 0.2) is 6.10 Å². The minimum Gasteiger partial charge on any atom is -0.481 e. The average molecular weight is 547 g/mol. The Balaban J connectivity index is 1.50. The van der Waals surface area contributed by atoms with E-state index in [9.17, 15) is 4.79 Å². The summed E-state index contributed by atoms with van der Waals surface area (Å²) in [4.78, 5) is 17.5. The molecule has 1 aliphatic heterocycles. The first-order valence-electron chi connectivity index (χ1n) is 12.0. The molecule has 1 aliphatic rings. The molecule has 1 amide bonds. The van der Waals surface area contributed by atoms with Crippen LogP contribution in [0.15, 0.2) is 60.7 Å². The van der Waals surface area contributed by atoms with Crippen molar-refractivity contribution in [3.8, 4) is 16.9 Å². The predicted molar refractivity (Wildman–Crippen MR) is 148 cm³/mol. The molecular formula is C28H30Cl3N3O2. The average Bonchev–Trinajstić information content (AvgIpc) is 2.87. The smallest absolute Gasteiger partial charge is 0.261 e. The Bertz CT molecular complexity index is 1200. The minimum atomic E-state index is -0.653. The number of nitrogens with zero attached hydrogens (tertiary/aromatic N) is 2. The number of benzene rings is 3. The SMILES string of the molecule is CC(Oc1ccc(-c2ccc(Cl)c(Cl)c2)cc1CN1CCN(C)CC1)C(=O)NCc1ccc(Cl)cc1. The van der Waals surface area contributed by atoms with Gasteiger partial charge < -0.3 is 15.0 Å². The van der Waals surface area contributed by atoms with Crippen LogP contribution in [0, 0.1) is 0 Å². The van der Waals surface area contributed by atoms with E-state index in [4.69, 9.17) is 39.5 Å². The molecular weight excluding hydrogens is 517 g/mol. The number of carbonyl (C=O) groups is 1. The molecule has 1 unspecified atom stereocenters. The lowest BCUT2D eigenvalue weighted by atomic mass is 10.0. The Morgan fingerprint density at radius 1 is 0.917 bits per heavy atom. The fourth-order valence-corrected chi connectivity index (χ4v) is 4.52. The van der Waals surface area contributed by atoms with Crippen LogP contribution < -0.4 is 10.1 Å². The number of halogens is 3. The van der Waals surface area contributed by atoms with E-state index < -0.39 is 6.10 Å². The summed E-state index contributed by atoms with van der Waals surface area (Å²) in [5, 5.41) is 4.65. The van der Waals surface area contributed by atoms with Gasteiger partial charge in [-0.1, -0.05) is 59.1 Å². The van der Waals surface area contributed by atoms with Gasteiger partial charge in [-0.05, 0) is 67.1 Å². The lowest BCUT2D eigenvalue weighted by Gasteiger charge is -2.33. The maximum atomic E-state index is 12.8. The maximum Gasteiger partial charge on any atom is 0.261 e. The van der Waals surface area contributed by atoms with E-state index in [1.54, 1.807) is 13.0 Å². The highest BCUT2D eigenvalue weighted by Crippen LogP contribution is 2.32. The van der Waals surface area contributed by atoms with Crippen molar-refractivity contribution in [2.24, 2.45) is 0 Å². The molecule has 8 heteroatoms. The number of hydrogen-bond donors (Lipinski definition) is 1. The zero-order chi connectivity index (χ0) is 25.7. The van der Waals surface area contributed by atoms with Gasteiger partial charge in [-0.2, -0.15) is 0 Å². The summed E-state index contributed by atoms with van der Waals surface area (Å²) in [6, 6.07) is 19.1. The number of amides is 1. The number of piperazine rings is 1. The third kappa shape index (κ3) is 7.15. The summed E-state index contributed by atoms with van der Waals surface area (Å²) >= 11 is 18.3. The summed E-state index contributed by atoms with van der Waals surface area (Å²) in [7, 11) is 2.14. The largest absolute Gasteiger partial charge is 0.481 e. The van der Waals surface area contributed by atoms with Crippen molar-refractivity contribution in [1.82, 2.24) is 15.1 Å². The van der Waals surface area contributed by atoms with Crippen LogP contribution in [0.2, 0.25) is 15.1 Å². The van der Waals surface area contributed by atoms with Crippen LogP contribution in [0.5, 0.6) is 5.75 Å². The molecule has 0 aliphatic carbocycles. The molecule has 4 rings (SSSR count). The standard InChI is InChI=1S/C28H30Cl3N3O2/c1-19(28(35)32-17-20-3-7-24(29)8-4-20)36-27-10-6-21(22-5-9-25(30)26(31)16-22)15-23(27)18-34-13-11-33(2)12-14-34/h3-10,15-16,19H,11-14,17-18H2,1-2H3,(H,32,35). The van der Waals surface area contributed by atoms with E-state index in [-0.39, 0.29) is 5.91 Å². The van der Waals surface area contributed by atoms with Gasteiger partial charge in [-0.3, -0.25) is 9.69 Å². The molecule has 0 spiro atoms. The van der Waals surface area contributed by atoms with E-state index in [1.807, 2.05) is 48.5 Å². The van der Waals surface area contributed by atoms with Crippen LogP contribution in [-0.4, -0.2) is 55.0 Å². The fourth-order valence-electron chi connectivity index (χ4n) is 4.10. The fraction of sp³-hybridized carbons (Fsp3) is 0.321. The number of nitrogens with one attached hydrogen (secondary N) is 1. The first-order valence-corrected chi connectivity index (χ1v) is 13.1. The molecule has 190 valence electrons. The van der Waals surface area contributed by atoms with Gasteiger partial charge in [0.2, 0.25) is 0 Å². The van der Waals surface area contributed by atoms with Gasteiger partial charge in [0.1, 0.15) is 5.75 Å². The van der Waals surface area contributed by atoms with Crippen LogP contribution >= 0.6 is 34.8 Å². The van der Waals surface area contributed by atoms with E-state index in [0.29, 0.717) is 27.4 Å². The van der Waals surface area contributed by atoms with Crippen molar-refractivity contribution < 1.29 is 9.53 Å². The van der Waals surface area contributed by atoms with Gasteiger partial charge in [-0.25, -0.2) is 0 Å². The van der Waals surface area contributed by atoms with Crippen LogP contribution in [0.4, 0.5) is 0 Å². The molecule has 0 saturated carbocycles. The summed E-state index contributed by atoms with van der Waals surface area (Å²) in [6.07, 6.45) is -0.653. The second-order valence-electron chi connectivity index (χ2n) is 9.14. The molecule has 1 N–H and O–H groups in total. The van der Waals surface area contributed by atoms with E-state index in [1.165, 1.54) is 0 Å². The molecule has 1 saturated heterocycles. The monoisotopic (exact) mass is 545 g/mol. The summed E-state index contributed by atoms with van der Waals surface area (Å²) in [6.45, 7) is 6.90. The maximum absolute atomic E-state index is 12.8. The van der Waals surface area contributed by atoms with Gasteiger partial charge in [0.05, 0.1) is 10.0 Å². The van der Waals surface area contributed by atoms with E-state index in [0.717, 1.165) is 55.0 Å². The Labute approximate surface area is 227 Å². The van der Waals surface area contributed by atoms with E-state index in [2.05, 4.69) is 28.2 Å². The molecule has 0 bridgehead atoms. The van der Waals surface area contributed by atoms with Gasteiger partial charge in [-0.15, -0.1) is 0 Å². The molecule has 0 aromatic heterocycles. The van der Waals surface area contributed by atoms with Crippen LogP contribution in [0.1, 0.15) is 18.1 Å². The minimum absolute atomic E-state index is 0.177. The zero-order valence-corrected chi connectivity index (χ0v) is 22.7. The van der Waals surface area contributed by atoms with Crippen molar-refractivity contribution >= 4 is 40.7 Å². The third-order valence-electron chi connectivity index (χ3n) is 6.36. The molecule has 3 aromatic carbocycles. The highest BCUT2D eigenvalue weighted by atomic mass is 35.5. The van der Waals surface area contributed by atoms with Crippen molar-refractivity contribution in [1.29, 1.82) is 0 Å². The molecule has 3 aromatic rings. The lowest BCUT2D eigenvalue weighted by Crippen LogP contribution is -2.44. The predicted octanol–water partition coefficient (Wildman–Crippen LogP) is 6.14. The number of rotatable bonds is 8. The summed E-state index contributed by atoms with van der Waals surface area (Å²) in [5.74, 6) is 0.524. The molecule has 0 radical (unpaired) electrons. The summed E-state index contributed by atoms with van der Waals surface area (Å²) < 4.78 is 6.19. The van der Waals surface area contributed by atoms with Crippen LogP contribution in [0.25, 0.3) is 11.1 Å². The molecule has 5 nitrogen and oxygen atoms in total. The highest BCUT2D eigenvalue weighted by Gasteiger charge is 2.20. The highest BCUT2D eigenvalue weighted by molar-refractivity contribution is 6.42. The normalized spacial score (nSPS) is 15.5. The van der Waals surface area contributed by atoms with E-state index >= 15 is 0 Å². The first-order chi connectivity index (χ1) is 17.3. The number of hydrogen-bond acceptors (Lipinski definition) is 4. The zero-order valence-electron chi connectivity index (χ0n) is 20.4. The molecule has 1 heterocycles. The topological polar surface area (TPSA) is 44.8 Å². The van der Waals surface area contributed by atoms with Crippen LogP contribution in [-0.2, 0) is 17.9 Å². The Morgan fingerprint density at radius 3 is 2.28 bits per heavy atom. The molecule has 1 atom stereocenters. The van der Waals surface area contributed by atoms with Crippen LogP contribution in [0.3, 0.4) is 0 Å². The Hall–Kier alpha value is -2.28. The van der Waals surface area contributed by atoms with Crippen molar-refractivity contribution in [2.45, 2.75) is 26.1 Å². The first kappa shape index (κ1) is 26.8. The molecule has 1 fully saturated rings. The Morgan fingerprint density at radius 2 is 1.58 bits per heavy atom. The van der Waals surface area contributed by atoms with Gasteiger partial charge in [0.25, 0.3) is 5.91 Å². The second kappa shape index (κ2) is 12.3. The molecule has 36 heavy (non-hydrogen) atoms. The summed E-state index contributed by atoms with van der Waals surface area (Å²) in [5.41, 5.74) is 4.00. The third-order valence-corrected chi connectivity index (χ3v) is 7.35. The second-order valence-corrected chi connectivity index (χ2v) is 10.4. The van der Waals surface area contributed by atoms with Crippen molar-refractivity contribution in [3.63, 3.8) is 0 Å². The quantitative estimate of drug-likeness (QED) is 0.368. The lowest BCUT2D eigenvalue weighted by molar-refractivity contribution is -0.127. The van der Waals surface area contributed by atoms with Gasteiger partial charge >= 0.3 is 0 Å². The number of carbonyl (C=O) groups excluding carboxylic acids is 1. The van der Waals surface area contributed by atoms with Gasteiger partial charge in [0, 0.05) is 49.9 Å².